The zero-order valence-corrected chi connectivity index (χ0v) is 48.1. The molecule has 0 bridgehead atoms. The van der Waals surface area contributed by atoms with Crippen molar-refractivity contribution in [3.05, 3.63) is 176 Å². The van der Waals surface area contributed by atoms with E-state index in [1.54, 1.807) is 7.11 Å². The standard InChI is InChI=1S/C28H31Br3O6.C25H25Br3O3/c1-28(2,18-4-8-23(9-5-18)35-15-21(32)14-34-3)19-6-10-24(11-7-19)36-16-22(33)17-37-27-25(30)12-20(29)13-26(27)31;1-16-4-6-17(7-5-16)25(2,3)18-8-10-21(11-9-18)30-14-20(29)15-31-24-22(27)12-19(26)13-23(24)28/h4-13,21-22,32-33H,14-17H2,1-3H3;4-13,20,29H,14-15H2,1-3H3. The predicted octanol–water partition coefficient (Wildman–Crippen LogP) is 13.9. The summed E-state index contributed by atoms with van der Waals surface area (Å²) >= 11 is 20.7. The summed E-state index contributed by atoms with van der Waals surface area (Å²) in [7, 11) is 1.54. The number of hydrogen-bond acceptors (Lipinski definition) is 9. The van der Waals surface area contributed by atoms with Crippen molar-refractivity contribution in [2.75, 3.05) is 46.8 Å². The Morgan fingerprint density at radius 3 is 0.926 bits per heavy atom. The number of hydrogen-bond donors (Lipinski definition) is 3. The molecule has 0 aromatic heterocycles. The molecule has 3 unspecified atom stereocenters. The molecule has 364 valence electrons. The molecule has 0 saturated carbocycles. The maximum atomic E-state index is 10.3. The highest BCUT2D eigenvalue weighted by Crippen LogP contribution is 2.39. The topological polar surface area (TPSA) is 116 Å². The van der Waals surface area contributed by atoms with Crippen LogP contribution >= 0.6 is 95.6 Å². The molecule has 0 aliphatic carbocycles. The zero-order valence-electron chi connectivity index (χ0n) is 38.6. The SMILES string of the molecule is COCC(O)COc1ccc(C(C)(C)c2ccc(OCC(O)COc3c(Br)cc(Br)cc3Br)cc2)cc1.Cc1ccc(C(C)(C)c2ccc(OCC(O)COc3c(Br)cc(Br)cc3Br)cc2)cc1. The maximum absolute atomic E-state index is 10.3. The van der Waals surface area contributed by atoms with Gasteiger partial charge in [-0.05, 0) is 154 Å². The third-order valence-corrected chi connectivity index (χ3v) is 14.2. The Hall–Kier alpha value is -2.96. The first-order chi connectivity index (χ1) is 32.3. The van der Waals surface area contributed by atoms with Crippen LogP contribution in [0.2, 0.25) is 0 Å². The van der Waals surface area contributed by atoms with Crippen LogP contribution in [-0.4, -0.2) is 80.4 Å². The predicted molar refractivity (Wildman–Crippen MR) is 291 cm³/mol. The molecule has 0 saturated heterocycles. The van der Waals surface area contributed by atoms with E-state index in [0.29, 0.717) is 28.7 Å². The lowest BCUT2D eigenvalue weighted by Crippen LogP contribution is -2.25. The second-order valence-corrected chi connectivity index (χ2v) is 22.3. The highest BCUT2D eigenvalue weighted by Gasteiger charge is 2.25. The van der Waals surface area contributed by atoms with Crippen molar-refractivity contribution in [1.82, 2.24) is 0 Å². The van der Waals surface area contributed by atoms with Crippen LogP contribution in [0.1, 0.15) is 55.5 Å². The molecular formula is C53H56Br6O9. The van der Waals surface area contributed by atoms with E-state index in [9.17, 15) is 15.3 Å². The average molecular weight is 1320 g/mol. The van der Waals surface area contributed by atoms with E-state index in [-0.39, 0.29) is 50.5 Å². The number of aliphatic hydroxyl groups is 3. The Morgan fingerprint density at radius 2 is 0.647 bits per heavy atom. The van der Waals surface area contributed by atoms with E-state index >= 15 is 0 Å². The van der Waals surface area contributed by atoms with E-state index in [4.69, 9.17) is 28.4 Å². The lowest BCUT2D eigenvalue weighted by Gasteiger charge is -2.26. The minimum atomic E-state index is -0.796. The normalized spacial score (nSPS) is 12.9. The van der Waals surface area contributed by atoms with Gasteiger partial charge in [0.2, 0.25) is 0 Å². The fourth-order valence-electron chi connectivity index (χ4n) is 6.81. The summed E-state index contributed by atoms with van der Waals surface area (Å²) < 4.78 is 38.6. The van der Waals surface area contributed by atoms with Gasteiger partial charge in [0.25, 0.3) is 0 Å². The van der Waals surface area contributed by atoms with Gasteiger partial charge in [-0.3, -0.25) is 0 Å². The van der Waals surface area contributed by atoms with Crippen molar-refractivity contribution in [3.63, 3.8) is 0 Å². The molecule has 6 aromatic carbocycles. The summed E-state index contributed by atoms with van der Waals surface area (Å²) in [6, 6.07) is 40.0. The van der Waals surface area contributed by atoms with Crippen LogP contribution in [0.15, 0.2) is 148 Å². The van der Waals surface area contributed by atoms with Gasteiger partial charge in [0.1, 0.15) is 80.1 Å². The third-order valence-electron chi connectivity index (χ3n) is 11.0. The number of aliphatic hydroxyl groups excluding tert-OH is 3. The fraction of sp³-hybridized carbons (Fsp3) is 0.321. The Labute approximate surface area is 450 Å². The molecular weight excluding hydrogens is 1260 g/mol. The van der Waals surface area contributed by atoms with Crippen LogP contribution in [0, 0.1) is 6.92 Å². The van der Waals surface area contributed by atoms with Gasteiger partial charge in [-0.15, -0.1) is 0 Å². The number of ether oxygens (including phenoxy) is 6. The van der Waals surface area contributed by atoms with Crippen molar-refractivity contribution >= 4 is 95.6 Å². The van der Waals surface area contributed by atoms with Gasteiger partial charge in [-0.2, -0.15) is 0 Å². The number of methoxy groups -OCH3 is 1. The van der Waals surface area contributed by atoms with Crippen LogP contribution in [0.5, 0.6) is 28.7 Å². The summed E-state index contributed by atoms with van der Waals surface area (Å²) in [5.74, 6) is 3.35. The van der Waals surface area contributed by atoms with E-state index in [0.717, 1.165) is 38.0 Å². The van der Waals surface area contributed by atoms with Gasteiger partial charge in [0.05, 0.1) is 24.5 Å². The minimum absolute atomic E-state index is 0.0923. The average Bonchev–Trinajstić information content (AvgIpc) is 3.29. The molecule has 0 aliphatic rings. The molecule has 0 radical (unpaired) electrons. The fourth-order valence-corrected chi connectivity index (χ4v) is 11.8. The lowest BCUT2D eigenvalue weighted by atomic mass is 9.78. The van der Waals surface area contributed by atoms with Gasteiger partial charge in [0.15, 0.2) is 0 Å². The number of aryl methyl sites for hydroxylation is 1. The molecule has 0 aliphatic heterocycles. The molecule has 3 N–H and O–H groups in total. The first-order valence-corrected chi connectivity index (χ1v) is 26.4. The zero-order chi connectivity index (χ0) is 49.6. The van der Waals surface area contributed by atoms with Crippen molar-refractivity contribution in [2.24, 2.45) is 0 Å². The summed E-state index contributed by atoms with van der Waals surface area (Å²) in [6.45, 7) is 11.7. The number of benzene rings is 6. The van der Waals surface area contributed by atoms with Crippen molar-refractivity contribution < 1.29 is 43.7 Å². The minimum Gasteiger partial charge on any atom is -0.491 e. The molecule has 68 heavy (non-hydrogen) atoms. The van der Waals surface area contributed by atoms with Gasteiger partial charge in [-0.1, -0.05) is 126 Å². The second kappa shape index (κ2) is 26.5. The first kappa shape index (κ1) is 56.0. The van der Waals surface area contributed by atoms with Crippen molar-refractivity contribution in [2.45, 2.75) is 63.8 Å². The summed E-state index contributed by atoms with van der Waals surface area (Å²) in [6.07, 6.45) is -2.22. The quantitative estimate of drug-likeness (QED) is 0.0648. The van der Waals surface area contributed by atoms with Crippen molar-refractivity contribution in [3.8, 4) is 28.7 Å². The van der Waals surface area contributed by atoms with Crippen molar-refractivity contribution in [1.29, 1.82) is 0 Å². The van der Waals surface area contributed by atoms with Crippen LogP contribution in [0.4, 0.5) is 0 Å². The largest absolute Gasteiger partial charge is 0.491 e. The van der Waals surface area contributed by atoms with Gasteiger partial charge < -0.3 is 43.7 Å². The summed E-state index contributed by atoms with van der Waals surface area (Å²) in [4.78, 5) is 0. The van der Waals surface area contributed by atoms with E-state index in [1.807, 2.05) is 84.9 Å². The molecule has 0 heterocycles. The Morgan fingerprint density at radius 1 is 0.397 bits per heavy atom. The lowest BCUT2D eigenvalue weighted by molar-refractivity contribution is 0.0325. The van der Waals surface area contributed by atoms with Crippen LogP contribution in [0.25, 0.3) is 0 Å². The molecule has 3 atom stereocenters. The number of halogens is 6. The molecule has 6 rings (SSSR count). The van der Waals surface area contributed by atoms with Crippen LogP contribution in [0.3, 0.4) is 0 Å². The van der Waals surface area contributed by atoms with Crippen LogP contribution in [-0.2, 0) is 15.6 Å². The van der Waals surface area contributed by atoms with E-state index in [1.165, 1.54) is 16.7 Å². The van der Waals surface area contributed by atoms with E-state index in [2.05, 4.69) is 167 Å². The van der Waals surface area contributed by atoms with Gasteiger partial charge in [-0.25, -0.2) is 0 Å². The first-order valence-electron chi connectivity index (χ1n) is 21.6. The molecule has 6 aromatic rings. The Kier molecular flexibility index (Phi) is 21.8. The molecule has 0 spiro atoms. The molecule has 0 amide bonds. The maximum Gasteiger partial charge on any atom is 0.147 e. The van der Waals surface area contributed by atoms with E-state index < -0.39 is 18.3 Å². The second-order valence-electron chi connectivity index (χ2n) is 17.1. The number of rotatable bonds is 21. The van der Waals surface area contributed by atoms with Crippen LogP contribution < -0.4 is 23.7 Å². The highest BCUT2D eigenvalue weighted by atomic mass is 79.9. The molecule has 9 nitrogen and oxygen atoms in total. The van der Waals surface area contributed by atoms with Gasteiger partial charge >= 0.3 is 0 Å². The summed E-state index contributed by atoms with van der Waals surface area (Å²) in [5, 5.41) is 30.4. The third kappa shape index (κ3) is 16.6. The highest BCUT2D eigenvalue weighted by molar-refractivity contribution is 9.12. The smallest absolute Gasteiger partial charge is 0.147 e. The summed E-state index contributed by atoms with van der Waals surface area (Å²) in [5.41, 5.74) is 5.63. The Bertz CT molecular complexity index is 2460. The molecule has 0 fully saturated rings. The Balaban J connectivity index is 0.000000258. The van der Waals surface area contributed by atoms with Gasteiger partial charge in [0, 0.05) is 26.9 Å². The monoisotopic (exact) mass is 1310 g/mol. The molecule has 15 heteroatoms.